The SMILES string of the molecule is COC(=O)c1cc(C2CC2)nc2c1c(=O)n(CC(=O)Nc1ccc(C(C)=O)cc1)c(=O)n2C. The molecule has 10 nitrogen and oxygen atoms in total. The highest BCUT2D eigenvalue weighted by Crippen LogP contribution is 2.39. The van der Waals surface area contributed by atoms with Gasteiger partial charge in [-0.05, 0) is 50.1 Å². The molecule has 1 aliphatic rings. The Bertz CT molecular complexity index is 1410. The highest BCUT2D eigenvalue weighted by Gasteiger charge is 2.29. The second kappa shape index (κ2) is 8.45. The van der Waals surface area contributed by atoms with Crippen molar-refractivity contribution in [3.63, 3.8) is 0 Å². The predicted octanol–water partition coefficient (Wildman–Crippen LogP) is 1.60. The standard InChI is InChI=1S/C23H22N4O6/c1-12(28)13-6-8-15(9-7-13)24-18(29)11-27-21(30)19-16(22(31)33-3)10-17(14-4-5-14)25-20(19)26(2)23(27)32/h6-10,14H,4-5,11H2,1-3H3,(H,24,29). The topological polar surface area (TPSA) is 129 Å². The summed E-state index contributed by atoms with van der Waals surface area (Å²) in [5.74, 6) is -1.28. The molecule has 0 aliphatic heterocycles. The number of esters is 1. The lowest BCUT2D eigenvalue weighted by Gasteiger charge is -2.14. The van der Waals surface area contributed by atoms with E-state index in [1.807, 2.05) is 0 Å². The smallest absolute Gasteiger partial charge is 0.338 e. The number of carbonyl (C=O) groups excluding carboxylic acids is 3. The first kappa shape index (κ1) is 22.1. The van der Waals surface area contributed by atoms with Gasteiger partial charge in [0.15, 0.2) is 5.78 Å². The molecule has 170 valence electrons. The summed E-state index contributed by atoms with van der Waals surface area (Å²) >= 11 is 0. The van der Waals surface area contributed by atoms with Gasteiger partial charge in [-0.2, -0.15) is 0 Å². The molecule has 0 spiro atoms. The molecule has 0 saturated heterocycles. The number of fused-ring (bicyclic) bond motifs is 1. The van der Waals surface area contributed by atoms with Crippen molar-refractivity contribution in [2.45, 2.75) is 32.2 Å². The third-order valence-electron chi connectivity index (χ3n) is 5.59. The van der Waals surface area contributed by atoms with Crippen molar-refractivity contribution in [2.24, 2.45) is 7.05 Å². The first-order valence-electron chi connectivity index (χ1n) is 10.3. The number of hydrogen-bond donors (Lipinski definition) is 1. The summed E-state index contributed by atoms with van der Waals surface area (Å²) in [6, 6.07) is 7.75. The Balaban J connectivity index is 1.75. The zero-order valence-electron chi connectivity index (χ0n) is 18.4. The van der Waals surface area contributed by atoms with Gasteiger partial charge in [0.1, 0.15) is 12.2 Å². The monoisotopic (exact) mass is 450 g/mol. The van der Waals surface area contributed by atoms with Gasteiger partial charge in [0.05, 0.1) is 18.1 Å². The molecule has 1 amide bonds. The van der Waals surface area contributed by atoms with Gasteiger partial charge in [0.25, 0.3) is 5.56 Å². The first-order valence-corrected chi connectivity index (χ1v) is 10.3. The van der Waals surface area contributed by atoms with Crippen molar-refractivity contribution in [1.82, 2.24) is 14.1 Å². The van der Waals surface area contributed by atoms with Crippen LogP contribution in [0.2, 0.25) is 0 Å². The summed E-state index contributed by atoms with van der Waals surface area (Å²) < 4.78 is 6.76. The minimum absolute atomic E-state index is 0.0129. The number of aromatic nitrogens is 3. The Kier molecular flexibility index (Phi) is 5.67. The molecule has 0 bridgehead atoms. The third-order valence-corrected chi connectivity index (χ3v) is 5.59. The number of hydrogen-bond acceptors (Lipinski definition) is 7. The minimum atomic E-state index is -0.801. The molecule has 1 aliphatic carbocycles. The Labute approximate surface area is 187 Å². The number of benzene rings is 1. The maximum atomic E-state index is 13.2. The average molecular weight is 450 g/mol. The summed E-state index contributed by atoms with van der Waals surface area (Å²) in [6.07, 6.45) is 1.83. The van der Waals surface area contributed by atoms with E-state index >= 15 is 0 Å². The van der Waals surface area contributed by atoms with Gasteiger partial charge in [-0.25, -0.2) is 14.6 Å². The van der Waals surface area contributed by atoms with E-state index in [-0.39, 0.29) is 28.3 Å². The quantitative estimate of drug-likeness (QED) is 0.446. The van der Waals surface area contributed by atoms with Crippen LogP contribution in [0.4, 0.5) is 5.69 Å². The number of rotatable bonds is 6. The molecule has 1 saturated carbocycles. The predicted molar refractivity (Wildman–Crippen MR) is 120 cm³/mol. The number of ether oxygens (including phenoxy) is 1. The lowest BCUT2D eigenvalue weighted by molar-refractivity contribution is -0.116. The number of anilines is 1. The van der Waals surface area contributed by atoms with Crippen molar-refractivity contribution in [1.29, 1.82) is 0 Å². The van der Waals surface area contributed by atoms with Crippen LogP contribution in [0.15, 0.2) is 39.9 Å². The number of nitrogens with one attached hydrogen (secondary N) is 1. The fraction of sp³-hybridized carbons (Fsp3) is 0.304. The maximum Gasteiger partial charge on any atom is 0.338 e. The van der Waals surface area contributed by atoms with E-state index in [0.29, 0.717) is 16.9 Å². The molecule has 2 aromatic heterocycles. The zero-order chi connectivity index (χ0) is 23.9. The van der Waals surface area contributed by atoms with Crippen molar-refractivity contribution < 1.29 is 19.1 Å². The van der Waals surface area contributed by atoms with Crippen LogP contribution < -0.4 is 16.6 Å². The molecule has 0 unspecified atom stereocenters. The lowest BCUT2D eigenvalue weighted by atomic mass is 10.1. The van der Waals surface area contributed by atoms with Crippen LogP contribution in [0, 0.1) is 0 Å². The van der Waals surface area contributed by atoms with Gasteiger partial charge >= 0.3 is 11.7 Å². The fourth-order valence-corrected chi connectivity index (χ4v) is 3.63. The third kappa shape index (κ3) is 4.19. The first-order chi connectivity index (χ1) is 15.7. The number of ketones is 1. The van der Waals surface area contributed by atoms with Crippen molar-refractivity contribution in [3.8, 4) is 0 Å². The number of carbonyl (C=O) groups is 3. The molecule has 1 N–H and O–H groups in total. The highest BCUT2D eigenvalue weighted by atomic mass is 16.5. The zero-order valence-corrected chi connectivity index (χ0v) is 18.4. The minimum Gasteiger partial charge on any atom is -0.465 e. The van der Waals surface area contributed by atoms with Crippen molar-refractivity contribution >= 4 is 34.4 Å². The Morgan fingerprint density at radius 3 is 2.39 bits per heavy atom. The van der Waals surface area contributed by atoms with Gasteiger partial charge in [-0.15, -0.1) is 0 Å². The molecular weight excluding hydrogens is 428 g/mol. The molecule has 0 radical (unpaired) electrons. The van der Waals surface area contributed by atoms with Gasteiger partial charge in [0, 0.05) is 29.9 Å². The molecule has 10 heteroatoms. The highest BCUT2D eigenvalue weighted by molar-refractivity contribution is 6.02. The summed E-state index contributed by atoms with van der Waals surface area (Å²) in [6.45, 7) is 0.863. The number of Topliss-reactive ketones (excluding diaryl/α,β-unsaturated/α-hetero) is 1. The van der Waals surface area contributed by atoms with Crippen LogP contribution >= 0.6 is 0 Å². The summed E-state index contributed by atoms with van der Waals surface area (Å²) in [4.78, 5) is 67.0. The Morgan fingerprint density at radius 1 is 1.15 bits per heavy atom. The average Bonchev–Trinajstić information content (AvgIpc) is 3.65. The maximum absolute atomic E-state index is 13.2. The van der Waals surface area contributed by atoms with E-state index in [9.17, 15) is 24.0 Å². The van der Waals surface area contributed by atoms with Crippen LogP contribution in [0.25, 0.3) is 11.0 Å². The number of aryl methyl sites for hydroxylation is 1. The molecule has 1 fully saturated rings. The second-order valence-electron chi connectivity index (χ2n) is 7.97. The van der Waals surface area contributed by atoms with E-state index < -0.39 is 29.7 Å². The van der Waals surface area contributed by atoms with Crippen LogP contribution in [-0.2, 0) is 23.1 Å². The molecule has 2 heterocycles. The lowest BCUT2D eigenvalue weighted by Crippen LogP contribution is -2.42. The summed E-state index contributed by atoms with van der Waals surface area (Å²) in [5.41, 5.74) is 0.0750. The van der Waals surface area contributed by atoms with E-state index in [1.54, 1.807) is 24.3 Å². The molecule has 4 rings (SSSR count). The van der Waals surface area contributed by atoms with Crippen LogP contribution in [0.5, 0.6) is 0 Å². The van der Waals surface area contributed by atoms with Gasteiger partial charge < -0.3 is 10.1 Å². The number of amides is 1. The van der Waals surface area contributed by atoms with Gasteiger partial charge in [-0.3, -0.25) is 23.5 Å². The van der Waals surface area contributed by atoms with E-state index in [0.717, 1.165) is 22.0 Å². The van der Waals surface area contributed by atoms with Gasteiger partial charge in [-0.1, -0.05) is 0 Å². The summed E-state index contributed by atoms with van der Waals surface area (Å²) in [7, 11) is 2.64. The molecule has 3 aromatic rings. The van der Waals surface area contributed by atoms with Gasteiger partial charge in [0.2, 0.25) is 5.91 Å². The number of nitrogens with zero attached hydrogens (tertiary/aromatic N) is 3. The molecule has 0 atom stereocenters. The second-order valence-corrected chi connectivity index (χ2v) is 7.97. The normalized spacial score (nSPS) is 13.1. The number of methoxy groups -OCH3 is 1. The largest absolute Gasteiger partial charge is 0.465 e. The van der Waals surface area contributed by atoms with E-state index in [2.05, 4.69) is 10.3 Å². The van der Waals surface area contributed by atoms with Crippen LogP contribution in [0.1, 0.15) is 52.1 Å². The molecule has 1 aromatic carbocycles. The Hall–Kier alpha value is -4.08. The Morgan fingerprint density at radius 2 is 1.82 bits per heavy atom. The van der Waals surface area contributed by atoms with E-state index in [1.165, 1.54) is 27.1 Å². The fourth-order valence-electron chi connectivity index (χ4n) is 3.63. The number of pyridine rings is 1. The van der Waals surface area contributed by atoms with E-state index in [4.69, 9.17) is 4.74 Å². The van der Waals surface area contributed by atoms with Crippen LogP contribution in [-0.4, -0.2) is 38.9 Å². The molecular formula is C23H22N4O6. The van der Waals surface area contributed by atoms with Crippen molar-refractivity contribution in [3.05, 3.63) is 68.0 Å². The summed E-state index contributed by atoms with van der Waals surface area (Å²) in [5, 5.41) is 2.52. The van der Waals surface area contributed by atoms with Crippen LogP contribution in [0.3, 0.4) is 0 Å². The molecule has 33 heavy (non-hydrogen) atoms. The van der Waals surface area contributed by atoms with Crippen molar-refractivity contribution in [2.75, 3.05) is 12.4 Å².